The highest BCUT2D eigenvalue weighted by Gasteiger charge is 2.88. The van der Waals surface area contributed by atoms with Gasteiger partial charge in [-0.2, -0.15) is 43.9 Å². The van der Waals surface area contributed by atoms with Crippen LogP contribution in [0, 0.1) is 35.0 Å². The Balaban J connectivity index is 1.79. The Labute approximate surface area is 167 Å². The van der Waals surface area contributed by atoms with Gasteiger partial charge in [0.2, 0.25) is 0 Å². The average molecular weight is 480 g/mol. The minimum Gasteiger partial charge on any atom is -0.459 e. The fourth-order valence-corrected chi connectivity index (χ4v) is 5.70. The van der Waals surface area contributed by atoms with Gasteiger partial charge in [0, 0.05) is 0 Å². The zero-order chi connectivity index (χ0) is 24.2. The van der Waals surface area contributed by atoms with E-state index in [9.17, 15) is 57.5 Å². The minimum atomic E-state index is -7.62. The van der Waals surface area contributed by atoms with Crippen molar-refractivity contribution in [1.29, 1.82) is 0 Å². The van der Waals surface area contributed by atoms with Gasteiger partial charge in [-0.25, -0.2) is 8.78 Å². The quantitative estimate of drug-likeness (QED) is 0.339. The normalized spacial score (nSPS) is 35.6. The maximum atomic E-state index is 13.8. The first-order valence-corrected chi connectivity index (χ1v) is 9.09. The third-order valence-corrected chi connectivity index (χ3v) is 7.33. The summed E-state index contributed by atoms with van der Waals surface area (Å²) in [7, 11) is 0. The van der Waals surface area contributed by atoms with Crippen LogP contribution in [0.5, 0.6) is 0 Å². The number of rotatable bonds is 8. The van der Waals surface area contributed by atoms with E-state index >= 15 is 0 Å². The molecule has 0 spiro atoms. The van der Waals surface area contributed by atoms with Gasteiger partial charge in [-0.05, 0) is 36.0 Å². The molecule has 0 amide bonds. The summed E-state index contributed by atoms with van der Waals surface area (Å²) in [5.74, 6) is -38.1. The Bertz CT molecular complexity index is 762. The van der Waals surface area contributed by atoms with Crippen LogP contribution in [-0.2, 0) is 9.53 Å². The molecule has 6 atom stereocenters. The van der Waals surface area contributed by atoms with Gasteiger partial charge in [0.1, 0.15) is 0 Å². The van der Waals surface area contributed by atoms with E-state index in [0.717, 1.165) is 0 Å². The maximum absolute atomic E-state index is 13.8. The van der Waals surface area contributed by atoms with Crippen molar-refractivity contribution in [1.82, 2.24) is 0 Å². The molecule has 14 heteroatoms. The van der Waals surface area contributed by atoms with Crippen LogP contribution < -0.4 is 0 Å². The van der Waals surface area contributed by atoms with Crippen molar-refractivity contribution in [2.75, 3.05) is 6.61 Å². The van der Waals surface area contributed by atoms with Crippen LogP contribution in [-0.4, -0.2) is 48.6 Å². The van der Waals surface area contributed by atoms with E-state index in [1.807, 2.05) is 0 Å². The van der Waals surface area contributed by atoms with Crippen LogP contribution in [0.15, 0.2) is 0 Å². The highest BCUT2D eigenvalue weighted by atomic mass is 19.4. The van der Waals surface area contributed by atoms with Gasteiger partial charge in [-0.3, -0.25) is 4.79 Å². The fourth-order valence-electron chi connectivity index (χ4n) is 5.70. The molecule has 4 saturated carbocycles. The zero-order valence-electron chi connectivity index (χ0n) is 15.7. The highest BCUT2D eigenvalue weighted by molar-refractivity contribution is 5.84. The molecule has 0 N–H and O–H groups in total. The predicted octanol–water partition coefficient (Wildman–Crippen LogP) is 5.51. The maximum Gasteiger partial charge on any atom is 0.384 e. The van der Waals surface area contributed by atoms with E-state index in [1.54, 1.807) is 13.8 Å². The van der Waals surface area contributed by atoms with E-state index in [0.29, 0.717) is 6.42 Å². The molecule has 2 nitrogen and oxygen atoms in total. The van der Waals surface area contributed by atoms with E-state index in [-0.39, 0.29) is 29.6 Å². The molecule has 31 heavy (non-hydrogen) atoms. The Morgan fingerprint density at radius 1 is 0.935 bits per heavy atom. The molecule has 180 valence electrons. The number of carbonyl (C=O) groups excluding carboxylic acids is 1. The highest BCUT2D eigenvalue weighted by Crippen LogP contribution is 2.83. The summed E-state index contributed by atoms with van der Waals surface area (Å²) in [4.78, 5) is 12.3. The van der Waals surface area contributed by atoms with Crippen molar-refractivity contribution in [3.63, 3.8) is 0 Å². The molecule has 4 fully saturated rings. The first-order chi connectivity index (χ1) is 13.7. The second kappa shape index (κ2) is 6.36. The number of alkyl halides is 12. The van der Waals surface area contributed by atoms with E-state index in [2.05, 4.69) is 4.74 Å². The van der Waals surface area contributed by atoms with Gasteiger partial charge in [0.25, 0.3) is 0 Å². The topological polar surface area (TPSA) is 26.3 Å². The molecule has 4 rings (SSSR count). The number of halogens is 12. The van der Waals surface area contributed by atoms with Crippen molar-refractivity contribution >= 4 is 5.97 Å². The van der Waals surface area contributed by atoms with Gasteiger partial charge < -0.3 is 4.74 Å². The minimum absolute atomic E-state index is 0.00546. The van der Waals surface area contributed by atoms with Gasteiger partial charge in [0.15, 0.2) is 6.61 Å². The van der Waals surface area contributed by atoms with Gasteiger partial charge in [0.05, 0.1) is 5.41 Å². The van der Waals surface area contributed by atoms with Crippen molar-refractivity contribution < 1.29 is 62.2 Å². The third kappa shape index (κ3) is 2.58. The Morgan fingerprint density at radius 2 is 1.45 bits per heavy atom. The SMILES string of the molecule is CC1C2CC3C1C3(C(=O)OCC(F)(F)C(F)(F)C(F)(F)C(F)(F)C(F)(F)C(F)F)C2C. The molecule has 0 heterocycles. The summed E-state index contributed by atoms with van der Waals surface area (Å²) in [5.41, 5.74) is -1.27. The number of carbonyl (C=O) groups is 1. The van der Waals surface area contributed by atoms with Crippen LogP contribution in [0.4, 0.5) is 52.7 Å². The smallest absolute Gasteiger partial charge is 0.384 e. The van der Waals surface area contributed by atoms with Crippen molar-refractivity contribution in [2.45, 2.75) is 56.3 Å². The van der Waals surface area contributed by atoms with E-state index in [1.165, 1.54) is 0 Å². The lowest BCUT2D eigenvalue weighted by Crippen LogP contribution is -2.69. The molecule has 4 aliphatic carbocycles. The molecule has 0 aliphatic heterocycles. The lowest BCUT2D eigenvalue weighted by atomic mass is 9.90. The predicted molar refractivity (Wildman–Crippen MR) is 77.5 cm³/mol. The molecule has 4 bridgehead atoms. The molecule has 0 aromatic carbocycles. The Morgan fingerprint density at radius 3 is 1.81 bits per heavy atom. The molecular weight excluding hydrogens is 464 g/mol. The van der Waals surface area contributed by atoms with E-state index in [4.69, 9.17) is 0 Å². The molecule has 0 aromatic heterocycles. The molecule has 0 saturated heterocycles. The summed E-state index contributed by atoms with van der Waals surface area (Å²) in [5, 5.41) is 0. The Kier molecular flexibility index (Phi) is 4.98. The summed E-state index contributed by atoms with van der Waals surface area (Å²) in [6.45, 7) is 0.559. The van der Waals surface area contributed by atoms with Gasteiger partial charge >= 0.3 is 42.0 Å². The first-order valence-electron chi connectivity index (χ1n) is 9.09. The van der Waals surface area contributed by atoms with Crippen molar-refractivity contribution in [3.05, 3.63) is 0 Å². The number of esters is 1. The summed E-state index contributed by atoms with van der Waals surface area (Å²) in [6.07, 6.45) is -5.01. The largest absolute Gasteiger partial charge is 0.459 e. The summed E-state index contributed by atoms with van der Waals surface area (Å²) >= 11 is 0. The first kappa shape index (κ1) is 24.3. The second-order valence-electron chi connectivity index (χ2n) is 8.54. The number of hydrogen-bond acceptors (Lipinski definition) is 2. The number of hydrogen-bond donors (Lipinski definition) is 0. The molecule has 6 unspecified atom stereocenters. The number of ether oxygens (including phenoxy) is 1. The average Bonchev–Trinajstić information content (AvgIpc) is 2.93. The molecule has 0 radical (unpaired) electrons. The fraction of sp³-hybridized carbons (Fsp3) is 0.941. The van der Waals surface area contributed by atoms with Crippen LogP contribution in [0.1, 0.15) is 20.3 Å². The van der Waals surface area contributed by atoms with Crippen molar-refractivity contribution in [3.8, 4) is 0 Å². The van der Waals surface area contributed by atoms with Crippen molar-refractivity contribution in [2.24, 2.45) is 35.0 Å². The molecular formula is C17H16F12O2. The van der Waals surface area contributed by atoms with Crippen LogP contribution in [0.2, 0.25) is 0 Å². The zero-order valence-corrected chi connectivity index (χ0v) is 15.7. The van der Waals surface area contributed by atoms with Gasteiger partial charge in [-0.15, -0.1) is 0 Å². The molecule has 0 aromatic rings. The van der Waals surface area contributed by atoms with Gasteiger partial charge in [-0.1, -0.05) is 13.8 Å². The molecule has 4 aliphatic rings. The lowest BCUT2D eigenvalue weighted by Gasteiger charge is -2.39. The lowest BCUT2D eigenvalue weighted by molar-refractivity contribution is -0.414. The Hall–Kier alpha value is -1.37. The van der Waals surface area contributed by atoms with Crippen LogP contribution in [0.25, 0.3) is 0 Å². The summed E-state index contributed by atoms with van der Waals surface area (Å²) in [6, 6.07) is 0. The van der Waals surface area contributed by atoms with Crippen LogP contribution in [0.3, 0.4) is 0 Å². The monoisotopic (exact) mass is 480 g/mol. The third-order valence-electron chi connectivity index (χ3n) is 7.33. The summed E-state index contributed by atoms with van der Waals surface area (Å²) < 4.78 is 162. The van der Waals surface area contributed by atoms with E-state index < -0.39 is 54.0 Å². The standard InChI is InChI=1S/C17H16F12O2/c1-5-7-3-8-9(5)13(8,6(7)2)11(30)31-4-12(20,21)15(24,25)17(28,29)16(26,27)14(22,23)10(18)19/h5-10H,3-4H2,1-2H3. The van der Waals surface area contributed by atoms with Crippen LogP contribution >= 0.6 is 0 Å². The second-order valence-corrected chi connectivity index (χ2v) is 8.54.